The van der Waals surface area contributed by atoms with Crippen LogP contribution in [0.2, 0.25) is 0 Å². The van der Waals surface area contributed by atoms with Gasteiger partial charge in [0.05, 0.1) is 6.10 Å². The molecule has 1 aliphatic heterocycles. The average molecular weight is 227 g/mol. The molecule has 0 amide bonds. The van der Waals surface area contributed by atoms with Crippen molar-refractivity contribution in [1.29, 1.82) is 0 Å². The summed E-state index contributed by atoms with van der Waals surface area (Å²) in [6, 6.07) is 3.18. The van der Waals surface area contributed by atoms with Crippen molar-refractivity contribution < 1.29 is 13.9 Å². The van der Waals surface area contributed by atoms with Crippen LogP contribution in [-0.2, 0) is 0 Å². The molecule has 0 saturated carbocycles. The Morgan fingerprint density at radius 2 is 1.69 bits per heavy atom. The number of hydrogen-bond acceptors (Lipinski definition) is 2. The van der Waals surface area contributed by atoms with E-state index in [4.69, 9.17) is 0 Å². The van der Waals surface area contributed by atoms with Crippen LogP contribution in [0.4, 0.5) is 8.78 Å². The summed E-state index contributed by atoms with van der Waals surface area (Å²) in [6.07, 6.45) is 1.44. The molecule has 1 unspecified atom stereocenters. The predicted molar refractivity (Wildman–Crippen MR) is 57.0 cm³/mol. The van der Waals surface area contributed by atoms with Gasteiger partial charge in [-0.3, -0.25) is 0 Å². The smallest absolute Gasteiger partial charge is 0.126 e. The van der Waals surface area contributed by atoms with Crippen LogP contribution in [0.1, 0.15) is 24.5 Å². The van der Waals surface area contributed by atoms with Gasteiger partial charge in [0.25, 0.3) is 0 Å². The maximum atomic E-state index is 12.9. The first kappa shape index (κ1) is 11.5. The molecule has 1 atom stereocenters. The summed E-state index contributed by atoms with van der Waals surface area (Å²) in [5.41, 5.74) is 0.310. The summed E-state index contributed by atoms with van der Waals surface area (Å²) < 4.78 is 25.9. The summed E-state index contributed by atoms with van der Waals surface area (Å²) >= 11 is 0. The summed E-state index contributed by atoms with van der Waals surface area (Å²) in [4.78, 5) is 2.10. The standard InChI is InChI=1S/C12H15F2NO/c13-10-5-9(6-11(14)7-10)12(16)8-15-3-1-2-4-15/h5-7,12,16H,1-4,8H2. The minimum absolute atomic E-state index is 0.310. The Hall–Kier alpha value is -1.00. The number of nitrogens with zero attached hydrogens (tertiary/aromatic N) is 1. The zero-order valence-corrected chi connectivity index (χ0v) is 9.00. The lowest BCUT2D eigenvalue weighted by Crippen LogP contribution is -2.25. The summed E-state index contributed by atoms with van der Waals surface area (Å²) in [7, 11) is 0. The Balaban J connectivity index is 2.04. The first-order valence-electron chi connectivity index (χ1n) is 5.51. The molecule has 2 nitrogen and oxygen atoms in total. The molecular formula is C12H15F2NO. The van der Waals surface area contributed by atoms with Gasteiger partial charge in [-0.1, -0.05) is 0 Å². The van der Waals surface area contributed by atoms with Crippen LogP contribution < -0.4 is 0 Å². The van der Waals surface area contributed by atoms with Crippen molar-refractivity contribution in [2.75, 3.05) is 19.6 Å². The Bertz CT molecular complexity index is 344. The molecule has 0 radical (unpaired) electrons. The molecule has 4 heteroatoms. The second-order valence-corrected chi connectivity index (χ2v) is 4.23. The molecule has 1 N–H and O–H groups in total. The number of rotatable bonds is 3. The average Bonchev–Trinajstić information content (AvgIpc) is 2.68. The van der Waals surface area contributed by atoms with Crippen molar-refractivity contribution in [3.05, 3.63) is 35.4 Å². The highest BCUT2D eigenvalue weighted by atomic mass is 19.1. The zero-order valence-electron chi connectivity index (χ0n) is 9.00. The molecule has 0 bridgehead atoms. The number of β-amino-alcohol motifs (C(OH)–C–C–N with tert-alkyl or cyclic N) is 1. The van der Waals surface area contributed by atoms with Gasteiger partial charge in [0.15, 0.2) is 0 Å². The van der Waals surface area contributed by atoms with Gasteiger partial charge in [-0.05, 0) is 43.6 Å². The van der Waals surface area contributed by atoms with E-state index in [1.165, 1.54) is 12.1 Å². The highest BCUT2D eigenvalue weighted by molar-refractivity contribution is 5.20. The lowest BCUT2D eigenvalue weighted by atomic mass is 10.1. The van der Waals surface area contributed by atoms with Crippen molar-refractivity contribution in [3.63, 3.8) is 0 Å². The number of likely N-dealkylation sites (tertiary alicyclic amines) is 1. The van der Waals surface area contributed by atoms with Crippen LogP contribution in [-0.4, -0.2) is 29.6 Å². The van der Waals surface area contributed by atoms with Crippen LogP contribution in [0.3, 0.4) is 0 Å². The van der Waals surface area contributed by atoms with E-state index in [1.54, 1.807) is 0 Å². The molecule has 0 spiro atoms. The first-order valence-corrected chi connectivity index (χ1v) is 5.51. The van der Waals surface area contributed by atoms with E-state index in [1.807, 2.05) is 0 Å². The van der Waals surface area contributed by atoms with Gasteiger partial charge in [-0.25, -0.2) is 8.78 Å². The summed E-state index contributed by atoms with van der Waals surface area (Å²) in [5, 5.41) is 9.85. The largest absolute Gasteiger partial charge is 0.387 e. The number of aliphatic hydroxyl groups excluding tert-OH is 1. The molecule has 1 aromatic rings. The fourth-order valence-corrected chi connectivity index (χ4v) is 2.08. The predicted octanol–water partition coefficient (Wildman–Crippen LogP) is 2.09. The molecule has 1 saturated heterocycles. The molecule has 0 aliphatic carbocycles. The van der Waals surface area contributed by atoms with Gasteiger partial charge < -0.3 is 10.0 Å². The molecule has 2 rings (SSSR count). The molecule has 1 fully saturated rings. The third-order valence-corrected chi connectivity index (χ3v) is 2.90. The fourth-order valence-electron chi connectivity index (χ4n) is 2.08. The lowest BCUT2D eigenvalue weighted by Gasteiger charge is -2.19. The first-order chi connectivity index (χ1) is 7.65. The van der Waals surface area contributed by atoms with Gasteiger partial charge in [0.2, 0.25) is 0 Å². The summed E-state index contributed by atoms with van der Waals surface area (Å²) in [6.45, 7) is 2.35. The van der Waals surface area contributed by atoms with Crippen LogP contribution in [0.15, 0.2) is 18.2 Å². The zero-order chi connectivity index (χ0) is 11.5. The monoisotopic (exact) mass is 227 g/mol. The molecule has 1 aromatic carbocycles. The number of halogens is 2. The fraction of sp³-hybridized carbons (Fsp3) is 0.500. The topological polar surface area (TPSA) is 23.5 Å². The molecule has 0 aromatic heterocycles. The van der Waals surface area contributed by atoms with Crippen LogP contribution >= 0.6 is 0 Å². The van der Waals surface area contributed by atoms with Gasteiger partial charge in [0, 0.05) is 12.6 Å². The third-order valence-electron chi connectivity index (χ3n) is 2.90. The normalized spacial score (nSPS) is 18.9. The second-order valence-electron chi connectivity index (χ2n) is 4.23. The number of benzene rings is 1. The minimum Gasteiger partial charge on any atom is -0.387 e. The molecule has 88 valence electrons. The van der Waals surface area contributed by atoms with Crippen LogP contribution in [0.5, 0.6) is 0 Å². The van der Waals surface area contributed by atoms with E-state index in [9.17, 15) is 13.9 Å². The van der Waals surface area contributed by atoms with Crippen molar-refractivity contribution in [1.82, 2.24) is 4.90 Å². The van der Waals surface area contributed by atoms with E-state index in [-0.39, 0.29) is 0 Å². The minimum atomic E-state index is -0.816. The SMILES string of the molecule is OC(CN1CCCC1)c1cc(F)cc(F)c1. The highest BCUT2D eigenvalue weighted by Crippen LogP contribution is 2.19. The summed E-state index contributed by atoms with van der Waals surface area (Å²) in [5.74, 6) is -1.29. The Kier molecular flexibility index (Phi) is 3.51. The molecule has 1 aliphatic rings. The van der Waals surface area contributed by atoms with E-state index in [0.717, 1.165) is 32.0 Å². The van der Waals surface area contributed by atoms with Crippen molar-refractivity contribution in [3.8, 4) is 0 Å². The van der Waals surface area contributed by atoms with Crippen LogP contribution in [0.25, 0.3) is 0 Å². The van der Waals surface area contributed by atoms with Crippen molar-refractivity contribution in [2.24, 2.45) is 0 Å². The molecule has 16 heavy (non-hydrogen) atoms. The van der Waals surface area contributed by atoms with E-state index in [0.29, 0.717) is 12.1 Å². The number of aliphatic hydroxyl groups is 1. The lowest BCUT2D eigenvalue weighted by molar-refractivity contribution is 0.125. The van der Waals surface area contributed by atoms with Crippen LogP contribution in [0, 0.1) is 11.6 Å². The van der Waals surface area contributed by atoms with Gasteiger partial charge in [0.1, 0.15) is 11.6 Å². The van der Waals surface area contributed by atoms with Crippen molar-refractivity contribution >= 4 is 0 Å². The number of hydrogen-bond donors (Lipinski definition) is 1. The Labute approximate surface area is 93.5 Å². The van der Waals surface area contributed by atoms with Gasteiger partial charge >= 0.3 is 0 Å². The Morgan fingerprint density at radius 3 is 2.25 bits per heavy atom. The third kappa shape index (κ3) is 2.77. The maximum Gasteiger partial charge on any atom is 0.126 e. The molecule has 1 heterocycles. The quantitative estimate of drug-likeness (QED) is 0.854. The second kappa shape index (κ2) is 4.89. The van der Waals surface area contributed by atoms with E-state index >= 15 is 0 Å². The highest BCUT2D eigenvalue weighted by Gasteiger charge is 2.17. The molecular weight excluding hydrogens is 212 g/mol. The van der Waals surface area contributed by atoms with E-state index < -0.39 is 17.7 Å². The maximum absolute atomic E-state index is 12.9. The van der Waals surface area contributed by atoms with Gasteiger partial charge in [-0.2, -0.15) is 0 Å². The van der Waals surface area contributed by atoms with E-state index in [2.05, 4.69) is 4.90 Å². The Morgan fingerprint density at radius 1 is 1.12 bits per heavy atom. The van der Waals surface area contributed by atoms with Crippen molar-refractivity contribution in [2.45, 2.75) is 18.9 Å². The van der Waals surface area contributed by atoms with Gasteiger partial charge in [-0.15, -0.1) is 0 Å².